The van der Waals surface area contributed by atoms with E-state index in [1.165, 1.54) is 18.2 Å². The molecule has 1 aromatic rings. The maximum atomic E-state index is 12.2. The Hall–Kier alpha value is -1.76. The van der Waals surface area contributed by atoms with Crippen molar-refractivity contribution in [2.75, 3.05) is 0 Å². The quantitative estimate of drug-likeness (QED) is 0.898. The molecule has 20 heavy (non-hydrogen) atoms. The lowest BCUT2D eigenvalue weighted by atomic mass is 10.1. The van der Waals surface area contributed by atoms with Crippen LogP contribution in [0.5, 0.6) is 0 Å². The summed E-state index contributed by atoms with van der Waals surface area (Å²) in [5.41, 5.74) is 0.508. The van der Waals surface area contributed by atoms with E-state index in [0.29, 0.717) is 5.56 Å². The second-order valence-corrected chi connectivity index (χ2v) is 4.58. The minimum absolute atomic E-state index is 0.0333. The first-order valence-electron chi connectivity index (χ1n) is 5.46. The summed E-state index contributed by atoms with van der Waals surface area (Å²) >= 11 is 5.69. The van der Waals surface area contributed by atoms with Gasteiger partial charge in [-0.2, -0.15) is 13.2 Å². The fourth-order valence-electron chi connectivity index (χ4n) is 1.51. The van der Waals surface area contributed by atoms with Crippen LogP contribution in [0.15, 0.2) is 18.2 Å². The fraction of sp³-hybridized carbons (Fsp3) is 0.333. The van der Waals surface area contributed by atoms with Crippen LogP contribution in [0, 0.1) is 6.92 Å². The summed E-state index contributed by atoms with van der Waals surface area (Å²) in [7, 11) is 0. The van der Waals surface area contributed by atoms with E-state index in [2.05, 4.69) is 0 Å². The molecule has 0 aromatic heterocycles. The molecule has 0 aliphatic heterocycles. The van der Waals surface area contributed by atoms with Crippen molar-refractivity contribution in [1.82, 2.24) is 5.32 Å². The predicted octanol–water partition coefficient (Wildman–Crippen LogP) is 2.78. The number of halogens is 4. The van der Waals surface area contributed by atoms with Gasteiger partial charge in [-0.3, -0.25) is 4.79 Å². The average Bonchev–Trinajstić information content (AvgIpc) is 2.29. The number of nitrogens with one attached hydrogen (secondary N) is 1. The van der Waals surface area contributed by atoms with Gasteiger partial charge in [0.1, 0.15) is 6.04 Å². The first-order chi connectivity index (χ1) is 9.10. The Morgan fingerprint density at radius 1 is 1.40 bits per heavy atom. The molecule has 0 heterocycles. The van der Waals surface area contributed by atoms with Crippen LogP contribution in [0.25, 0.3) is 0 Å². The van der Waals surface area contributed by atoms with Gasteiger partial charge in [0.05, 0.1) is 6.42 Å². The standard InChI is InChI=1S/C12H11ClF3NO3/c1-6-2-3-7(13)4-8(6)10(18)17-9(11(19)20)5-12(14,15)16/h2-4,9H,5H2,1H3,(H,17,18)(H,19,20). The van der Waals surface area contributed by atoms with Crippen molar-refractivity contribution >= 4 is 23.5 Å². The summed E-state index contributed by atoms with van der Waals surface area (Å²) in [5.74, 6) is -2.67. The van der Waals surface area contributed by atoms with Gasteiger partial charge in [0.2, 0.25) is 0 Å². The number of aryl methyl sites for hydroxylation is 1. The zero-order valence-electron chi connectivity index (χ0n) is 10.3. The van der Waals surface area contributed by atoms with E-state index in [0.717, 1.165) is 0 Å². The summed E-state index contributed by atoms with van der Waals surface area (Å²) in [6.07, 6.45) is -6.34. The van der Waals surface area contributed by atoms with Gasteiger partial charge >= 0.3 is 12.1 Å². The van der Waals surface area contributed by atoms with Crippen molar-refractivity contribution < 1.29 is 27.9 Å². The number of carboxylic acids is 1. The number of alkyl halides is 3. The largest absolute Gasteiger partial charge is 0.480 e. The lowest BCUT2D eigenvalue weighted by Crippen LogP contribution is -2.43. The van der Waals surface area contributed by atoms with Crippen molar-refractivity contribution in [1.29, 1.82) is 0 Å². The maximum absolute atomic E-state index is 12.2. The number of amides is 1. The van der Waals surface area contributed by atoms with E-state index in [-0.39, 0.29) is 10.6 Å². The molecule has 2 N–H and O–H groups in total. The molecule has 8 heteroatoms. The molecule has 110 valence electrons. The molecular weight excluding hydrogens is 299 g/mol. The highest BCUT2D eigenvalue weighted by atomic mass is 35.5. The van der Waals surface area contributed by atoms with Crippen molar-refractivity contribution in [2.24, 2.45) is 0 Å². The third-order valence-corrected chi connectivity index (χ3v) is 2.72. The highest BCUT2D eigenvalue weighted by Crippen LogP contribution is 2.22. The van der Waals surface area contributed by atoms with Crippen LogP contribution < -0.4 is 5.32 Å². The van der Waals surface area contributed by atoms with E-state index in [9.17, 15) is 22.8 Å². The Morgan fingerprint density at radius 2 is 2.00 bits per heavy atom. The number of benzene rings is 1. The number of hydrogen-bond acceptors (Lipinski definition) is 2. The highest BCUT2D eigenvalue weighted by Gasteiger charge is 2.36. The molecule has 0 aliphatic rings. The molecule has 0 saturated heterocycles. The molecular formula is C12H11ClF3NO3. The molecule has 1 unspecified atom stereocenters. The number of hydrogen-bond donors (Lipinski definition) is 2. The molecule has 1 amide bonds. The Bertz CT molecular complexity index is 531. The molecule has 0 fully saturated rings. The van der Waals surface area contributed by atoms with E-state index >= 15 is 0 Å². The second kappa shape index (κ2) is 6.13. The predicted molar refractivity (Wildman–Crippen MR) is 65.8 cm³/mol. The highest BCUT2D eigenvalue weighted by molar-refractivity contribution is 6.31. The van der Waals surface area contributed by atoms with Gasteiger partial charge in [0.15, 0.2) is 0 Å². The lowest BCUT2D eigenvalue weighted by Gasteiger charge is -2.17. The lowest BCUT2D eigenvalue weighted by molar-refractivity contribution is -0.157. The summed E-state index contributed by atoms with van der Waals surface area (Å²) in [5, 5.41) is 10.8. The average molecular weight is 310 g/mol. The van der Waals surface area contributed by atoms with Crippen LogP contribution in [-0.4, -0.2) is 29.2 Å². The molecule has 1 rings (SSSR count). The van der Waals surface area contributed by atoms with Crippen molar-refractivity contribution in [2.45, 2.75) is 25.6 Å². The number of rotatable bonds is 4. The van der Waals surface area contributed by atoms with Crippen LogP contribution in [0.4, 0.5) is 13.2 Å². The molecule has 4 nitrogen and oxygen atoms in total. The minimum Gasteiger partial charge on any atom is -0.480 e. The normalized spacial score (nSPS) is 12.8. The van der Waals surface area contributed by atoms with Crippen molar-refractivity contribution in [3.63, 3.8) is 0 Å². The first-order valence-corrected chi connectivity index (χ1v) is 5.84. The number of aliphatic carboxylic acids is 1. The van der Waals surface area contributed by atoms with Crippen LogP contribution in [0.3, 0.4) is 0 Å². The van der Waals surface area contributed by atoms with Crippen LogP contribution in [-0.2, 0) is 4.79 Å². The van der Waals surface area contributed by atoms with Gasteiger partial charge in [0, 0.05) is 10.6 Å². The zero-order chi connectivity index (χ0) is 15.5. The molecule has 0 saturated carbocycles. The van der Waals surface area contributed by atoms with Crippen LogP contribution in [0.2, 0.25) is 5.02 Å². The number of carbonyl (C=O) groups excluding carboxylic acids is 1. The summed E-state index contributed by atoms with van der Waals surface area (Å²) < 4.78 is 36.7. The third-order valence-electron chi connectivity index (χ3n) is 2.48. The summed E-state index contributed by atoms with van der Waals surface area (Å²) in [4.78, 5) is 22.6. The van der Waals surface area contributed by atoms with E-state index in [4.69, 9.17) is 16.7 Å². The Morgan fingerprint density at radius 3 is 2.50 bits per heavy atom. The summed E-state index contributed by atoms with van der Waals surface area (Å²) in [6.45, 7) is 1.56. The van der Waals surface area contributed by atoms with Crippen LogP contribution in [0.1, 0.15) is 22.3 Å². The minimum atomic E-state index is -4.69. The molecule has 0 aliphatic carbocycles. The van der Waals surface area contributed by atoms with Crippen molar-refractivity contribution in [3.05, 3.63) is 34.3 Å². The van der Waals surface area contributed by atoms with Gasteiger partial charge in [0.25, 0.3) is 5.91 Å². The van der Waals surface area contributed by atoms with Gasteiger partial charge in [-0.15, -0.1) is 0 Å². The van der Waals surface area contributed by atoms with Gasteiger partial charge in [-0.1, -0.05) is 17.7 Å². The molecule has 1 aromatic carbocycles. The van der Waals surface area contributed by atoms with Gasteiger partial charge < -0.3 is 10.4 Å². The smallest absolute Gasteiger partial charge is 0.391 e. The maximum Gasteiger partial charge on any atom is 0.391 e. The Labute approximate surface area is 117 Å². The van der Waals surface area contributed by atoms with E-state index in [1.807, 2.05) is 5.32 Å². The van der Waals surface area contributed by atoms with E-state index < -0.39 is 30.5 Å². The topological polar surface area (TPSA) is 66.4 Å². The summed E-state index contributed by atoms with van der Waals surface area (Å²) in [6, 6.07) is 2.24. The first kappa shape index (κ1) is 16.3. The van der Waals surface area contributed by atoms with Crippen molar-refractivity contribution in [3.8, 4) is 0 Å². The fourth-order valence-corrected chi connectivity index (χ4v) is 1.68. The molecule has 1 atom stereocenters. The zero-order valence-corrected chi connectivity index (χ0v) is 11.0. The van der Waals surface area contributed by atoms with E-state index in [1.54, 1.807) is 6.92 Å². The Kier molecular flexibility index (Phi) is 4.99. The Balaban J connectivity index is 2.91. The van der Waals surface area contributed by atoms with Crippen LogP contribution >= 0.6 is 11.6 Å². The monoisotopic (exact) mass is 309 g/mol. The number of carbonyl (C=O) groups is 2. The third kappa shape index (κ3) is 4.73. The molecule has 0 bridgehead atoms. The SMILES string of the molecule is Cc1ccc(Cl)cc1C(=O)NC(CC(F)(F)F)C(=O)O. The molecule has 0 radical (unpaired) electrons. The molecule has 0 spiro atoms. The second-order valence-electron chi connectivity index (χ2n) is 4.14. The number of carboxylic acid groups (broad SMARTS) is 1. The van der Waals surface area contributed by atoms with Gasteiger partial charge in [-0.05, 0) is 24.6 Å². The van der Waals surface area contributed by atoms with Gasteiger partial charge in [-0.25, -0.2) is 4.79 Å².